The molecule has 0 atom stereocenters. The monoisotopic (exact) mass is 358 g/mol. The van der Waals surface area contributed by atoms with Crippen LogP contribution in [0.15, 0.2) is 78.9 Å². The Morgan fingerprint density at radius 2 is 0.963 bits per heavy atom. The van der Waals surface area contributed by atoms with E-state index in [9.17, 15) is 14.4 Å². The number of carbonyl (C=O) groups is 3. The highest BCUT2D eigenvalue weighted by Gasteiger charge is 2.09. The zero-order valence-corrected chi connectivity index (χ0v) is 14.7. The van der Waals surface area contributed by atoms with Crippen LogP contribution in [0.5, 0.6) is 0 Å². The minimum Gasteiger partial charge on any atom is -0.322 e. The van der Waals surface area contributed by atoms with Gasteiger partial charge >= 0.3 is 0 Å². The van der Waals surface area contributed by atoms with E-state index in [0.717, 1.165) is 0 Å². The number of hydrogen-bond donors (Lipinski definition) is 2. The number of anilines is 2. The van der Waals surface area contributed by atoms with Gasteiger partial charge in [0.05, 0.1) is 0 Å². The van der Waals surface area contributed by atoms with Gasteiger partial charge in [-0.2, -0.15) is 0 Å². The molecule has 3 aromatic rings. The first-order valence-electron chi connectivity index (χ1n) is 8.42. The van der Waals surface area contributed by atoms with Crippen LogP contribution in [0, 0.1) is 0 Å². The van der Waals surface area contributed by atoms with E-state index >= 15 is 0 Å². The second-order valence-corrected chi connectivity index (χ2v) is 5.99. The lowest BCUT2D eigenvalue weighted by molar-refractivity contribution is 0.101. The first-order chi connectivity index (χ1) is 13.0. The van der Waals surface area contributed by atoms with Crippen LogP contribution in [0.25, 0.3) is 0 Å². The zero-order valence-electron chi connectivity index (χ0n) is 14.7. The predicted molar refractivity (Wildman–Crippen MR) is 105 cm³/mol. The molecule has 5 nitrogen and oxygen atoms in total. The van der Waals surface area contributed by atoms with Gasteiger partial charge in [0.2, 0.25) is 0 Å². The topological polar surface area (TPSA) is 75.3 Å². The lowest BCUT2D eigenvalue weighted by atomic mass is 10.1. The second kappa shape index (κ2) is 8.10. The summed E-state index contributed by atoms with van der Waals surface area (Å²) in [6.07, 6.45) is 0. The van der Waals surface area contributed by atoms with Crippen LogP contribution < -0.4 is 10.6 Å². The van der Waals surface area contributed by atoms with Gasteiger partial charge in [-0.05, 0) is 67.6 Å². The number of rotatable bonds is 5. The molecular formula is C22H18N2O3. The maximum absolute atomic E-state index is 12.3. The molecule has 0 aliphatic rings. The van der Waals surface area contributed by atoms with Crippen LogP contribution in [0.4, 0.5) is 11.4 Å². The molecule has 0 spiro atoms. The van der Waals surface area contributed by atoms with Gasteiger partial charge < -0.3 is 10.6 Å². The average molecular weight is 358 g/mol. The van der Waals surface area contributed by atoms with E-state index < -0.39 is 0 Å². The van der Waals surface area contributed by atoms with E-state index in [1.807, 2.05) is 6.07 Å². The van der Waals surface area contributed by atoms with Gasteiger partial charge in [-0.3, -0.25) is 14.4 Å². The van der Waals surface area contributed by atoms with Gasteiger partial charge in [0, 0.05) is 28.1 Å². The number of Topliss-reactive ketones (excluding diaryl/α,β-unsaturated/α-hetero) is 1. The molecule has 27 heavy (non-hydrogen) atoms. The quantitative estimate of drug-likeness (QED) is 0.664. The van der Waals surface area contributed by atoms with Crippen molar-refractivity contribution in [3.05, 3.63) is 95.6 Å². The molecule has 0 aliphatic heterocycles. The molecule has 0 radical (unpaired) electrons. The van der Waals surface area contributed by atoms with E-state index in [-0.39, 0.29) is 17.6 Å². The zero-order chi connectivity index (χ0) is 19.2. The number of carbonyl (C=O) groups excluding carboxylic acids is 3. The molecule has 3 aromatic carbocycles. The SMILES string of the molecule is CC(=O)c1ccc(NC(=O)c2ccc(NC(=O)c3ccccc3)cc2)cc1. The summed E-state index contributed by atoms with van der Waals surface area (Å²) in [5, 5.41) is 5.56. The molecule has 0 saturated carbocycles. The molecule has 0 saturated heterocycles. The van der Waals surface area contributed by atoms with Crippen molar-refractivity contribution in [2.24, 2.45) is 0 Å². The van der Waals surface area contributed by atoms with Gasteiger partial charge in [-0.25, -0.2) is 0 Å². The Morgan fingerprint density at radius 1 is 0.556 bits per heavy atom. The summed E-state index contributed by atoms with van der Waals surface area (Å²) in [6, 6.07) is 22.2. The Balaban J connectivity index is 1.63. The lowest BCUT2D eigenvalue weighted by Crippen LogP contribution is -2.13. The van der Waals surface area contributed by atoms with Crippen LogP contribution in [-0.2, 0) is 0 Å². The third-order valence-corrected chi connectivity index (χ3v) is 3.99. The molecule has 0 aromatic heterocycles. The molecule has 3 rings (SSSR count). The fourth-order valence-corrected chi connectivity index (χ4v) is 2.49. The largest absolute Gasteiger partial charge is 0.322 e. The maximum atomic E-state index is 12.3. The molecule has 0 aliphatic carbocycles. The number of nitrogens with one attached hydrogen (secondary N) is 2. The summed E-state index contributed by atoms with van der Waals surface area (Å²) in [5.74, 6) is -0.508. The van der Waals surface area contributed by atoms with E-state index in [1.165, 1.54) is 6.92 Å². The Labute approximate surface area is 157 Å². The summed E-state index contributed by atoms with van der Waals surface area (Å²) in [4.78, 5) is 35.7. The van der Waals surface area contributed by atoms with E-state index in [1.54, 1.807) is 72.8 Å². The van der Waals surface area contributed by atoms with Gasteiger partial charge in [0.15, 0.2) is 5.78 Å². The van der Waals surface area contributed by atoms with Crippen LogP contribution in [0.1, 0.15) is 38.0 Å². The van der Waals surface area contributed by atoms with E-state index in [4.69, 9.17) is 0 Å². The minimum atomic E-state index is -0.272. The van der Waals surface area contributed by atoms with Crippen LogP contribution in [-0.4, -0.2) is 17.6 Å². The van der Waals surface area contributed by atoms with Crippen molar-refractivity contribution in [3.63, 3.8) is 0 Å². The second-order valence-electron chi connectivity index (χ2n) is 5.99. The fraction of sp³-hybridized carbons (Fsp3) is 0.0455. The molecule has 0 heterocycles. The Bertz CT molecular complexity index is 963. The predicted octanol–water partition coefficient (Wildman–Crippen LogP) is 4.39. The third kappa shape index (κ3) is 4.67. The number of hydrogen-bond acceptors (Lipinski definition) is 3. The van der Waals surface area contributed by atoms with Gasteiger partial charge in [0.1, 0.15) is 0 Å². The number of amides is 2. The Morgan fingerprint density at radius 3 is 1.41 bits per heavy atom. The van der Waals surface area contributed by atoms with Crippen molar-refractivity contribution in [1.82, 2.24) is 0 Å². The van der Waals surface area contributed by atoms with E-state index in [0.29, 0.717) is 28.1 Å². The molecule has 0 unspecified atom stereocenters. The molecule has 0 bridgehead atoms. The molecule has 134 valence electrons. The Kier molecular flexibility index (Phi) is 5.42. The highest BCUT2D eigenvalue weighted by atomic mass is 16.2. The van der Waals surface area contributed by atoms with Crippen molar-refractivity contribution in [2.45, 2.75) is 6.92 Å². The fourth-order valence-electron chi connectivity index (χ4n) is 2.49. The molecule has 2 amide bonds. The van der Waals surface area contributed by atoms with Crippen molar-refractivity contribution in [2.75, 3.05) is 10.6 Å². The smallest absolute Gasteiger partial charge is 0.255 e. The van der Waals surface area contributed by atoms with E-state index in [2.05, 4.69) is 10.6 Å². The molecule has 5 heteroatoms. The average Bonchev–Trinajstić information content (AvgIpc) is 2.69. The molecule has 0 fully saturated rings. The molecular weight excluding hydrogens is 340 g/mol. The summed E-state index contributed by atoms with van der Waals surface area (Å²) < 4.78 is 0. The first kappa shape index (κ1) is 18.1. The number of benzene rings is 3. The summed E-state index contributed by atoms with van der Waals surface area (Å²) in [5.41, 5.74) is 2.82. The summed E-state index contributed by atoms with van der Waals surface area (Å²) in [6.45, 7) is 1.49. The highest BCUT2D eigenvalue weighted by Crippen LogP contribution is 2.15. The van der Waals surface area contributed by atoms with Gasteiger partial charge in [0.25, 0.3) is 11.8 Å². The lowest BCUT2D eigenvalue weighted by Gasteiger charge is -2.08. The van der Waals surface area contributed by atoms with Crippen molar-refractivity contribution in [1.29, 1.82) is 0 Å². The summed E-state index contributed by atoms with van der Waals surface area (Å²) in [7, 11) is 0. The standard InChI is InChI=1S/C22H18N2O3/c1-15(25)16-7-11-19(12-8-16)24-22(27)18-9-13-20(14-10-18)23-21(26)17-5-3-2-4-6-17/h2-14H,1H3,(H,23,26)(H,24,27). The maximum Gasteiger partial charge on any atom is 0.255 e. The van der Waals surface area contributed by atoms with Crippen LogP contribution >= 0.6 is 0 Å². The van der Waals surface area contributed by atoms with Crippen molar-refractivity contribution < 1.29 is 14.4 Å². The highest BCUT2D eigenvalue weighted by molar-refractivity contribution is 6.06. The Hall–Kier alpha value is -3.73. The van der Waals surface area contributed by atoms with Crippen molar-refractivity contribution >= 4 is 29.0 Å². The third-order valence-electron chi connectivity index (χ3n) is 3.99. The van der Waals surface area contributed by atoms with Gasteiger partial charge in [-0.15, -0.1) is 0 Å². The first-order valence-corrected chi connectivity index (χ1v) is 8.42. The minimum absolute atomic E-state index is 0.0268. The molecule has 2 N–H and O–H groups in total. The van der Waals surface area contributed by atoms with Crippen LogP contribution in [0.3, 0.4) is 0 Å². The van der Waals surface area contributed by atoms with Crippen molar-refractivity contribution in [3.8, 4) is 0 Å². The number of ketones is 1. The van der Waals surface area contributed by atoms with Gasteiger partial charge in [-0.1, -0.05) is 18.2 Å². The normalized spacial score (nSPS) is 10.1. The van der Waals surface area contributed by atoms with Crippen LogP contribution in [0.2, 0.25) is 0 Å². The summed E-state index contributed by atoms with van der Waals surface area (Å²) >= 11 is 0.